The minimum atomic E-state index is -0.682. The van der Waals surface area contributed by atoms with Crippen molar-refractivity contribution in [1.29, 1.82) is 0 Å². The molecule has 136 valence electrons. The lowest BCUT2D eigenvalue weighted by Crippen LogP contribution is -2.51. The number of benzene rings is 1. The van der Waals surface area contributed by atoms with Gasteiger partial charge in [0.2, 0.25) is 5.91 Å². The van der Waals surface area contributed by atoms with Crippen molar-refractivity contribution in [3.8, 4) is 0 Å². The standard InChI is InChI=1S/C18H23ClFN3O2/c1-10(25-2)16(21)18(24)23-7-3-4-12(23)9-14-13-6-5-11(20)8-15(13)22-17(14)19/h5-6,8,10,12,16,22H,3-4,7,9,21H2,1-2H3. The first-order chi connectivity index (χ1) is 11.9. The summed E-state index contributed by atoms with van der Waals surface area (Å²) < 4.78 is 18.6. The molecule has 1 aromatic carbocycles. The zero-order valence-electron chi connectivity index (χ0n) is 14.4. The summed E-state index contributed by atoms with van der Waals surface area (Å²) in [7, 11) is 1.55. The summed E-state index contributed by atoms with van der Waals surface area (Å²) in [6.07, 6.45) is 2.10. The Labute approximate surface area is 151 Å². The van der Waals surface area contributed by atoms with Gasteiger partial charge in [-0.15, -0.1) is 0 Å². The molecule has 1 aliphatic heterocycles. The Hall–Kier alpha value is -1.63. The molecule has 0 saturated carbocycles. The number of carbonyl (C=O) groups excluding carboxylic acids is 1. The highest BCUT2D eigenvalue weighted by molar-refractivity contribution is 6.31. The SMILES string of the molecule is COC(C)C(N)C(=O)N1CCCC1Cc1c(Cl)[nH]c2cc(F)ccc12. The number of fused-ring (bicyclic) bond motifs is 1. The van der Waals surface area contributed by atoms with Crippen LogP contribution in [0.2, 0.25) is 5.15 Å². The summed E-state index contributed by atoms with van der Waals surface area (Å²) in [6, 6.07) is 3.92. The van der Waals surface area contributed by atoms with Crippen molar-refractivity contribution in [1.82, 2.24) is 9.88 Å². The molecule has 1 amide bonds. The molecule has 3 N–H and O–H groups in total. The number of rotatable bonds is 5. The molecule has 3 rings (SSSR count). The number of ether oxygens (including phenoxy) is 1. The third-order valence-corrected chi connectivity index (χ3v) is 5.40. The maximum atomic E-state index is 13.4. The van der Waals surface area contributed by atoms with Gasteiger partial charge in [0.25, 0.3) is 0 Å². The average molecular weight is 368 g/mol. The van der Waals surface area contributed by atoms with E-state index < -0.39 is 6.04 Å². The Bertz CT molecular complexity index is 779. The molecule has 0 aliphatic carbocycles. The largest absolute Gasteiger partial charge is 0.380 e. The van der Waals surface area contributed by atoms with Gasteiger partial charge in [-0.2, -0.15) is 0 Å². The van der Waals surface area contributed by atoms with Crippen LogP contribution in [0.25, 0.3) is 10.9 Å². The van der Waals surface area contributed by atoms with E-state index in [9.17, 15) is 9.18 Å². The van der Waals surface area contributed by atoms with E-state index in [1.54, 1.807) is 20.1 Å². The maximum absolute atomic E-state index is 13.4. The molecule has 0 spiro atoms. The highest BCUT2D eigenvalue weighted by atomic mass is 35.5. The van der Waals surface area contributed by atoms with Gasteiger partial charge in [-0.05, 0) is 49.9 Å². The predicted molar refractivity (Wildman–Crippen MR) is 96.2 cm³/mol. The van der Waals surface area contributed by atoms with Crippen LogP contribution in [0.3, 0.4) is 0 Å². The number of nitrogens with one attached hydrogen (secondary N) is 1. The lowest BCUT2D eigenvalue weighted by atomic mass is 10.0. The fourth-order valence-electron chi connectivity index (χ4n) is 3.51. The summed E-state index contributed by atoms with van der Waals surface area (Å²) in [5.74, 6) is -0.409. The third-order valence-electron chi connectivity index (χ3n) is 5.08. The van der Waals surface area contributed by atoms with Crippen molar-refractivity contribution in [3.05, 3.63) is 34.7 Å². The van der Waals surface area contributed by atoms with Gasteiger partial charge < -0.3 is 20.4 Å². The van der Waals surface area contributed by atoms with Crippen LogP contribution < -0.4 is 5.73 Å². The summed E-state index contributed by atoms with van der Waals surface area (Å²) in [4.78, 5) is 17.6. The molecule has 1 aliphatic rings. The number of aromatic nitrogens is 1. The van der Waals surface area contributed by atoms with Crippen molar-refractivity contribution in [2.45, 2.75) is 44.4 Å². The Balaban J connectivity index is 1.82. The molecular weight excluding hydrogens is 345 g/mol. The van der Waals surface area contributed by atoms with Crippen molar-refractivity contribution in [3.63, 3.8) is 0 Å². The number of methoxy groups -OCH3 is 1. The quantitative estimate of drug-likeness (QED) is 0.853. The van der Waals surface area contributed by atoms with Crippen LogP contribution >= 0.6 is 11.6 Å². The number of likely N-dealkylation sites (tertiary alicyclic amines) is 1. The minimum Gasteiger partial charge on any atom is -0.380 e. The number of halogens is 2. The Morgan fingerprint density at radius 1 is 1.56 bits per heavy atom. The summed E-state index contributed by atoms with van der Waals surface area (Å²) in [5, 5.41) is 1.38. The molecule has 0 radical (unpaired) electrons. The highest BCUT2D eigenvalue weighted by Crippen LogP contribution is 2.31. The second-order valence-electron chi connectivity index (χ2n) is 6.61. The first kappa shape index (κ1) is 18.2. The number of H-pyrrole nitrogens is 1. The fourth-order valence-corrected chi connectivity index (χ4v) is 3.79. The summed E-state index contributed by atoms with van der Waals surface area (Å²) >= 11 is 6.34. The summed E-state index contributed by atoms with van der Waals surface area (Å²) in [5.41, 5.74) is 7.61. The van der Waals surface area contributed by atoms with E-state index in [1.165, 1.54) is 12.1 Å². The molecule has 1 aromatic heterocycles. The number of carbonyl (C=O) groups is 1. The average Bonchev–Trinajstić information content (AvgIpc) is 3.17. The van der Waals surface area contributed by atoms with Crippen molar-refractivity contribution in [2.75, 3.05) is 13.7 Å². The zero-order valence-corrected chi connectivity index (χ0v) is 15.1. The number of hydrogen-bond acceptors (Lipinski definition) is 3. The van der Waals surface area contributed by atoms with E-state index in [2.05, 4.69) is 4.98 Å². The monoisotopic (exact) mass is 367 g/mol. The number of amides is 1. The fraction of sp³-hybridized carbons (Fsp3) is 0.500. The number of hydrogen-bond donors (Lipinski definition) is 2. The van der Waals surface area contributed by atoms with Crippen LogP contribution in [-0.4, -0.2) is 47.6 Å². The molecule has 0 bridgehead atoms. The molecule has 3 unspecified atom stereocenters. The highest BCUT2D eigenvalue weighted by Gasteiger charge is 2.34. The normalized spacial score (nSPS) is 20.2. The van der Waals surface area contributed by atoms with Crippen LogP contribution in [0.1, 0.15) is 25.3 Å². The minimum absolute atomic E-state index is 0.0316. The van der Waals surface area contributed by atoms with Gasteiger partial charge in [0.05, 0.1) is 6.10 Å². The second-order valence-corrected chi connectivity index (χ2v) is 6.98. The van der Waals surface area contributed by atoms with E-state index in [1.807, 2.05) is 4.90 Å². The van der Waals surface area contributed by atoms with Crippen LogP contribution in [0.5, 0.6) is 0 Å². The number of aromatic amines is 1. The Kier molecular flexibility index (Phi) is 5.32. The van der Waals surface area contributed by atoms with Crippen molar-refractivity contribution in [2.24, 2.45) is 5.73 Å². The Morgan fingerprint density at radius 2 is 2.32 bits per heavy atom. The van der Waals surface area contributed by atoms with E-state index in [0.717, 1.165) is 23.8 Å². The number of nitrogens with zero attached hydrogens (tertiary/aromatic N) is 1. The van der Waals surface area contributed by atoms with Crippen LogP contribution in [0.15, 0.2) is 18.2 Å². The van der Waals surface area contributed by atoms with Gasteiger partial charge in [0, 0.05) is 30.6 Å². The number of nitrogens with two attached hydrogens (primary N) is 1. The van der Waals surface area contributed by atoms with Crippen LogP contribution in [-0.2, 0) is 16.0 Å². The van der Waals surface area contributed by atoms with E-state index in [4.69, 9.17) is 22.1 Å². The first-order valence-corrected chi connectivity index (χ1v) is 8.84. The zero-order chi connectivity index (χ0) is 18.1. The second kappa shape index (κ2) is 7.32. The van der Waals surface area contributed by atoms with Crippen molar-refractivity contribution < 1.29 is 13.9 Å². The predicted octanol–water partition coefficient (Wildman–Crippen LogP) is 2.86. The van der Waals surface area contributed by atoms with E-state index >= 15 is 0 Å². The Morgan fingerprint density at radius 3 is 3.04 bits per heavy atom. The van der Waals surface area contributed by atoms with Crippen LogP contribution in [0.4, 0.5) is 4.39 Å². The van der Waals surface area contributed by atoms with Crippen molar-refractivity contribution >= 4 is 28.4 Å². The van der Waals surface area contributed by atoms with Gasteiger partial charge in [-0.1, -0.05) is 11.6 Å². The first-order valence-electron chi connectivity index (χ1n) is 8.46. The lowest BCUT2D eigenvalue weighted by Gasteiger charge is -2.29. The van der Waals surface area contributed by atoms with E-state index in [-0.39, 0.29) is 23.9 Å². The molecule has 5 nitrogen and oxygen atoms in total. The molecule has 7 heteroatoms. The van der Waals surface area contributed by atoms with Gasteiger partial charge in [-0.25, -0.2) is 4.39 Å². The van der Waals surface area contributed by atoms with Gasteiger partial charge in [0.1, 0.15) is 17.0 Å². The topological polar surface area (TPSA) is 71.3 Å². The van der Waals surface area contributed by atoms with Gasteiger partial charge in [-0.3, -0.25) is 4.79 Å². The molecule has 1 saturated heterocycles. The maximum Gasteiger partial charge on any atom is 0.242 e. The smallest absolute Gasteiger partial charge is 0.242 e. The third kappa shape index (κ3) is 3.52. The molecule has 25 heavy (non-hydrogen) atoms. The van der Waals surface area contributed by atoms with Crippen LogP contribution in [0, 0.1) is 5.82 Å². The van der Waals surface area contributed by atoms with Gasteiger partial charge in [0.15, 0.2) is 0 Å². The van der Waals surface area contributed by atoms with E-state index in [0.29, 0.717) is 23.6 Å². The molecule has 2 heterocycles. The molecule has 2 aromatic rings. The molecule has 1 fully saturated rings. The molecule has 3 atom stereocenters. The summed E-state index contributed by atoms with van der Waals surface area (Å²) in [6.45, 7) is 2.47. The lowest BCUT2D eigenvalue weighted by molar-refractivity contribution is -0.136. The molecular formula is C18H23ClFN3O2. The van der Waals surface area contributed by atoms with Gasteiger partial charge >= 0.3 is 0 Å².